The van der Waals surface area contributed by atoms with E-state index in [1.807, 2.05) is 66.5 Å². The van der Waals surface area contributed by atoms with E-state index < -0.39 is 0 Å². The SMILES string of the molecule is CN(CCOc1ccccc1)CC(=O)Nc1ccc(Br)cc1. The summed E-state index contributed by atoms with van der Waals surface area (Å²) in [5, 5.41) is 2.87. The number of rotatable bonds is 7. The summed E-state index contributed by atoms with van der Waals surface area (Å²) >= 11 is 3.36. The van der Waals surface area contributed by atoms with Crippen LogP contribution in [-0.4, -0.2) is 37.6 Å². The number of amides is 1. The summed E-state index contributed by atoms with van der Waals surface area (Å²) in [6.07, 6.45) is 0. The van der Waals surface area contributed by atoms with E-state index in [1.165, 1.54) is 0 Å². The molecule has 22 heavy (non-hydrogen) atoms. The van der Waals surface area contributed by atoms with Crippen molar-refractivity contribution < 1.29 is 9.53 Å². The van der Waals surface area contributed by atoms with Gasteiger partial charge in [-0.2, -0.15) is 0 Å². The van der Waals surface area contributed by atoms with Crippen LogP contribution in [0.1, 0.15) is 0 Å². The molecule has 0 saturated carbocycles. The van der Waals surface area contributed by atoms with Crippen molar-refractivity contribution in [3.8, 4) is 5.75 Å². The molecule has 0 aliphatic heterocycles. The molecular weight excluding hydrogens is 344 g/mol. The fourth-order valence-electron chi connectivity index (χ4n) is 1.89. The third-order valence-electron chi connectivity index (χ3n) is 3.03. The van der Waals surface area contributed by atoms with Crippen LogP contribution in [0.25, 0.3) is 0 Å². The monoisotopic (exact) mass is 362 g/mol. The van der Waals surface area contributed by atoms with Gasteiger partial charge in [-0.1, -0.05) is 34.1 Å². The van der Waals surface area contributed by atoms with E-state index in [0.717, 1.165) is 15.9 Å². The highest BCUT2D eigenvalue weighted by molar-refractivity contribution is 9.10. The minimum Gasteiger partial charge on any atom is -0.492 e. The first-order valence-corrected chi connectivity index (χ1v) is 7.84. The van der Waals surface area contributed by atoms with Crippen LogP contribution in [0.15, 0.2) is 59.1 Å². The Labute approximate surface area is 139 Å². The second kappa shape index (κ2) is 8.56. The van der Waals surface area contributed by atoms with Crippen molar-refractivity contribution in [1.82, 2.24) is 4.90 Å². The van der Waals surface area contributed by atoms with Gasteiger partial charge in [-0.15, -0.1) is 0 Å². The molecule has 2 rings (SSSR count). The fraction of sp³-hybridized carbons (Fsp3) is 0.235. The summed E-state index contributed by atoms with van der Waals surface area (Å²) in [7, 11) is 1.90. The van der Waals surface area contributed by atoms with Crippen molar-refractivity contribution in [2.24, 2.45) is 0 Å². The standard InChI is InChI=1S/C17H19BrN2O2/c1-20(11-12-22-16-5-3-2-4-6-16)13-17(21)19-15-9-7-14(18)8-10-15/h2-10H,11-13H2,1H3,(H,19,21). The molecule has 0 aliphatic carbocycles. The Kier molecular flexibility index (Phi) is 6.43. The van der Waals surface area contributed by atoms with E-state index in [4.69, 9.17) is 4.74 Å². The van der Waals surface area contributed by atoms with Gasteiger partial charge in [0.25, 0.3) is 0 Å². The molecule has 116 valence electrons. The molecule has 0 unspecified atom stereocenters. The molecule has 1 N–H and O–H groups in total. The second-order valence-corrected chi connectivity index (χ2v) is 5.87. The average molecular weight is 363 g/mol. The van der Waals surface area contributed by atoms with Crippen molar-refractivity contribution >= 4 is 27.5 Å². The Morgan fingerprint density at radius 1 is 1.14 bits per heavy atom. The van der Waals surface area contributed by atoms with E-state index in [1.54, 1.807) is 0 Å². The minimum absolute atomic E-state index is 0.0375. The Bertz CT molecular complexity index is 587. The van der Waals surface area contributed by atoms with Gasteiger partial charge in [-0.05, 0) is 43.4 Å². The number of benzene rings is 2. The van der Waals surface area contributed by atoms with Gasteiger partial charge in [-0.25, -0.2) is 0 Å². The lowest BCUT2D eigenvalue weighted by atomic mass is 10.3. The molecule has 0 atom stereocenters. The number of ether oxygens (including phenoxy) is 1. The lowest BCUT2D eigenvalue weighted by Gasteiger charge is -2.16. The van der Waals surface area contributed by atoms with Crippen LogP contribution in [0.5, 0.6) is 5.75 Å². The van der Waals surface area contributed by atoms with Crippen LogP contribution in [0.2, 0.25) is 0 Å². The van der Waals surface area contributed by atoms with Crippen molar-refractivity contribution in [3.05, 3.63) is 59.1 Å². The zero-order chi connectivity index (χ0) is 15.8. The molecule has 0 saturated heterocycles. The molecule has 2 aromatic rings. The molecular formula is C17H19BrN2O2. The third-order valence-corrected chi connectivity index (χ3v) is 3.56. The number of carbonyl (C=O) groups excluding carboxylic acids is 1. The molecule has 0 spiro atoms. The molecule has 2 aromatic carbocycles. The van der Waals surface area contributed by atoms with Gasteiger partial charge in [0.15, 0.2) is 0 Å². The molecule has 0 heterocycles. The van der Waals surface area contributed by atoms with Crippen LogP contribution in [-0.2, 0) is 4.79 Å². The van der Waals surface area contributed by atoms with Gasteiger partial charge in [0, 0.05) is 16.7 Å². The second-order valence-electron chi connectivity index (χ2n) is 4.95. The highest BCUT2D eigenvalue weighted by Gasteiger charge is 2.07. The van der Waals surface area contributed by atoms with Crippen LogP contribution in [0, 0.1) is 0 Å². The van der Waals surface area contributed by atoms with Gasteiger partial charge in [0.2, 0.25) is 5.91 Å². The van der Waals surface area contributed by atoms with Crippen molar-refractivity contribution in [3.63, 3.8) is 0 Å². The number of halogens is 1. The summed E-state index contributed by atoms with van der Waals surface area (Å²) < 4.78 is 6.60. The van der Waals surface area contributed by atoms with Crippen molar-refractivity contribution in [2.75, 3.05) is 32.1 Å². The zero-order valence-corrected chi connectivity index (χ0v) is 14.0. The number of para-hydroxylation sites is 1. The van der Waals surface area contributed by atoms with E-state index in [0.29, 0.717) is 19.7 Å². The molecule has 0 bridgehead atoms. The maximum Gasteiger partial charge on any atom is 0.238 e. The Hall–Kier alpha value is -1.85. The normalized spacial score (nSPS) is 10.5. The molecule has 0 fully saturated rings. The highest BCUT2D eigenvalue weighted by atomic mass is 79.9. The van der Waals surface area contributed by atoms with Crippen LogP contribution in [0.4, 0.5) is 5.69 Å². The van der Waals surface area contributed by atoms with Gasteiger partial charge in [-0.3, -0.25) is 9.69 Å². The number of nitrogens with one attached hydrogen (secondary N) is 1. The summed E-state index contributed by atoms with van der Waals surface area (Å²) in [5.74, 6) is 0.805. The topological polar surface area (TPSA) is 41.6 Å². The number of hydrogen-bond donors (Lipinski definition) is 1. The van der Waals surface area contributed by atoms with Crippen LogP contribution < -0.4 is 10.1 Å². The first kappa shape index (κ1) is 16.5. The molecule has 5 heteroatoms. The predicted octanol–water partition coefficient (Wildman–Crippen LogP) is 3.40. The van der Waals surface area contributed by atoms with Gasteiger partial charge >= 0.3 is 0 Å². The zero-order valence-electron chi connectivity index (χ0n) is 12.5. The summed E-state index contributed by atoms with van der Waals surface area (Å²) in [4.78, 5) is 13.9. The van der Waals surface area contributed by atoms with E-state index in [-0.39, 0.29) is 5.91 Å². The molecule has 1 amide bonds. The first-order valence-electron chi connectivity index (χ1n) is 7.05. The fourth-order valence-corrected chi connectivity index (χ4v) is 2.16. The number of carbonyl (C=O) groups is 1. The van der Waals surface area contributed by atoms with Gasteiger partial charge in [0.05, 0.1) is 6.54 Å². The largest absolute Gasteiger partial charge is 0.492 e. The van der Waals surface area contributed by atoms with Gasteiger partial charge < -0.3 is 10.1 Å². The Morgan fingerprint density at radius 2 is 1.82 bits per heavy atom. The van der Waals surface area contributed by atoms with E-state index in [2.05, 4.69) is 21.2 Å². The third kappa shape index (κ3) is 5.87. The smallest absolute Gasteiger partial charge is 0.238 e. The lowest BCUT2D eigenvalue weighted by Crippen LogP contribution is -2.33. The number of hydrogen-bond acceptors (Lipinski definition) is 3. The van der Waals surface area contributed by atoms with Gasteiger partial charge in [0.1, 0.15) is 12.4 Å². The van der Waals surface area contributed by atoms with Crippen molar-refractivity contribution in [2.45, 2.75) is 0 Å². The maximum atomic E-state index is 11.9. The van der Waals surface area contributed by atoms with E-state index in [9.17, 15) is 4.79 Å². The summed E-state index contributed by atoms with van der Waals surface area (Å²) in [6.45, 7) is 1.56. The highest BCUT2D eigenvalue weighted by Crippen LogP contribution is 2.14. The van der Waals surface area contributed by atoms with Crippen LogP contribution >= 0.6 is 15.9 Å². The molecule has 0 radical (unpaired) electrons. The lowest BCUT2D eigenvalue weighted by molar-refractivity contribution is -0.117. The maximum absolute atomic E-state index is 11.9. The quantitative estimate of drug-likeness (QED) is 0.820. The minimum atomic E-state index is -0.0375. The number of anilines is 1. The average Bonchev–Trinajstić information content (AvgIpc) is 2.50. The Morgan fingerprint density at radius 3 is 2.50 bits per heavy atom. The summed E-state index contributed by atoms with van der Waals surface area (Å²) in [5.41, 5.74) is 0.794. The number of nitrogens with zero attached hydrogens (tertiary/aromatic N) is 1. The molecule has 4 nitrogen and oxygen atoms in total. The van der Waals surface area contributed by atoms with Crippen molar-refractivity contribution in [1.29, 1.82) is 0 Å². The molecule has 0 aliphatic rings. The summed E-state index contributed by atoms with van der Waals surface area (Å²) in [6, 6.07) is 17.2. The predicted molar refractivity (Wildman–Crippen MR) is 92.2 cm³/mol. The first-order chi connectivity index (χ1) is 10.6. The van der Waals surface area contributed by atoms with E-state index >= 15 is 0 Å². The van der Waals surface area contributed by atoms with Crippen LogP contribution in [0.3, 0.4) is 0 Å². The molecule has 0 aromatic heterocycles. The Balaban J connectivity index is 1.68. The number of likely N-dealkylation sites (N-methyl/N-ethyl adjacent to an activating group) is 1.